The maximum absolute atomic E-state index is 8.33. The molecule has 3 aromatic rings. The van der Waals surface area contributed by atoms with Crippen LogP contribution in [0.15, 0.2) is 54.3 Å². The second kappa shape index (κ2) is 12.2. The van der Waals surface area contributed by atoms with Gasteiger partial charge in [0.25, 0.3) is 0 Å². The zero-order valence-corrected chi connectivity index (χ0v) is 21.6. The van der Waals surface area contributed by atoms with Crippen molar-refractivity contribution in [2.75, 3.05) is 30.9 Å². The number of allylic oxidation sites excluding steroid dienone is 1. The smallest absolute Gasteiger partial charge is 0.228 e. The first-order valence-corrected chi connectivity index (χ1v) is 11.9. The van der Waals surface area contributed by atoms with Gasteiger partial charge in [-0.1, -0.05) is 44.2 Å². The Labute approximate surface area is 212 Å². The Balaban J connectivity index is 1.76. The molecule has 1 aromatic carbocycles. The standard InChI is InChI=1S/C26H36N8O2/c1-17(2)21-14-23(34-33-21)30-22-15-24(36-12-11-26(3,4)28)32-25(31-22)29-16-19(35-5)13-20(27)18-9-7-6-8-10-18/h6-10,13-15,17,27H,11-12,16,28H2,1-5H3,(H3,29,30,31,32,33,34)/b19-13-,27-20?. The highest BCUT2D eigenvalue weighted by Crippen LogP contribution is 2.22. The molecule has 0 amide bonds. The zero-order chi connectivity index (χ0) is 26.1. The number of aromatic nitrogens is 4. The maximum atomic E-state index is 8.33. The number of hydrogen-bond acceptors (Lipinski definition) is 9. The van der Waals surface area contributed by atoms with Gasteiger partial charge >= 0.3 is 0 Å². The number of H-pyrrole nitrogens is 1. The normalized spacial score (nSPS) is 11.9. The zero-order valence-electron chi connectivity index (χ0n) is 21.6. The van der Waals surface area contributed by atoms with E-state index in [0.29, 0.717) is 53.9 Å². The van der Waals surface area contributed by atoms with E-state index in [4.69, 9.17) is 20.6 Å². The molecule has 36 heavy (non-hydrogen) atoms. The quantitative estimate of drug-likeness (QED) is 0.172. The summed E-state index contributed by atoms with van der Waals surface area (Å²) in [6.07, 6.45) is 2.33. The Morgan fingerprint density at radius 3 is 2.56 bits per heavy atom. The van der Waals surface area contributed by atoms with E-state index in [1.807, 2.05) is 50.2 Å². The molecule has 3 rings (SSSR count). The van der Waals surface area contributed by atoms with Crippen molar-refractivity contribution in [1.29, 1.82) is 5.41 Å². The SMILES string of the molecule is CO/C(=C\C(=N)c1ccccc1)CNc1nc(Nc2cc(C(C)C)[nH]n2)cc(OCCC(C)(C)N)n1. The molecule has 10 heteroatoms. The number of hydrogen-bond donors (Lipinski definition) is 5. The minimum absolute atomic E-state index is 0.282. The number of methoxy groups -OCH3 is 1. The van der Waals surface area contributed by atoms with Crippen molar-refractivity contribution >= 4 is 23.3 Å². The molecule has 10 nitrogen and oxygen atoms in total. The minimum atomic E-state index is -0.348. The van der Waals surface area contributed by atoms with Crippen LogP contribution in [0.2, 0.25) is 0 Å². The van der Waals surface area contributed by atoms with Gasteiger partial charge in [0.1, 0.15) is 11.6 Å². The fourth-order valence-corrected chi connectivity index (χ4v) is 3.10. The van der Waals surface area contributed by atoms with Crippen LogP contribution < -0.4 is 21.1 Å². The highest BCUT2D eigenvalue weighted by Gasteiger charge is 2.13. The van der Waals surface area contributed by atoms with Crippen molar-refractivity contribution in [1.82, 2.24) is 20.2 Å². The molecule has 0 spiro atoms. The lowest BCUT2D eigenvalue weighted by Gasteiger charge is -2.18. The summed E-state index contributed by atoms with van der Waals surface area (Å²) in [6, 6.07) is 13.1. The van der Waals surface area contributed by atoms with E-state index in [-0.39, 0.29) is 12.1 Å². The van der Waals surface area contributed by atoms with Crippen LogP contribution in [0.3, 0.4) is 0 Å². The summed E-state index contributed by atoms with van der Waals surface area (Å²) in [7, 11) is 1.57. The van der Waals surface area contributed by atoms with E-state index < -0.39 is 0 Å². The summed E-state index contributed by atoms with van der Waals surface area (Å²) < 4.78 is 11.4. The molecular formula is C26H36N8O2. The molecule has 0 aliphatic carbocycles. The van der Waals surface area contributed by atoms with Crippen molar-refractivity contribution in [3.8, 4) is 5.88 Å². The fourth-order valence-electron chi connectivity index (χ4n) is 3.10. The van der Waals surface area contributed by atoms with Gasteiger partial charge in [0, 0.05) is 29.4 Å². The van der Waals surface area contributed by atoms with E-state index >= 15 is 0 Å². The monoisotopic (exact) mass is 492 g/mol. The van der Waals surface area contributed by atoms with Crippen LogP contribution in [0.1, 0.15) is 51.3 Å². The maximum Gasteiger partial charge on any atom is 0.228 e. The first-order valence-electron chi connectivity index (χ1n) is 11.9. The summed E-state index contributed by atoms with van der Waals surface area (Å²) in [4.78, 5) is 9.04. The van der Waals surface area contributed by atoms with E-state index in [1.54, 1.807) is 19.3 Å². The number of aromatic amines is 1. The molecular weight excluding hydrogens is 456 g/mol. The summed E-state index contributed by atoms with van der Waals surface area (Å²) in [5, 5.41) is 22.0. The molecule has 0 bridgehead atoms. The van der Waals surface area contributed by atoms with Crippen LogP contribution in [0.5, 0.6) is 5.88 Å². The number of nitrogens with one attached hydrogen (secondary N) is 4. The molecule has 2 aromatic heterocycles. The van der Waals surface area contributed by atoms with Crippen LogP contribution >= 0.6 is 0 Å². The van der Waals surface area contributed by atoms with Gasteiger partial charge in [-0.3, -0.25) is 5.10 Å². The van der Waals surface area contributed by atoms with Crippen LogP contribution in [0.25, 0.3) is 0 Å². The van der Waals surface area contributed by atoms with Gasteiger partial charge in [-0.05, 0) is 31.7 Å². The topological polar surface area (TPSA) is 147 Å². The number of nitrogens with zero attached hydrogens (tertiary/aromatic N) is 3. The molecule has 0 fully saturated rings. The number of rotatable bonds is 13. The minimum Gasteiger partial charge on any atom is -0.499 e. The third-order valence-electron chi connectivity index (χ3n) is 5.25. The van der Waals surface area contributed by atoms with Gasteiger partial charge in [-0.15, -0.1) is 0 Å². The number of ether oxygens (including phenoxy) is 2. The van der Waals surface area contributed by atoms with Crippen LogP contribution in [-0.4, -0.2) is 51.7 Å². The highest BCUT2D eigenvalue weighted by atomic mass is 16.5. The second-order valence-electron chi connectivity index (χ2n) is 9.44. The van der Waals surface area contributed by atoms with Crippen LogP contribution in [0.4, 0.5) is 17.6 Å². The van der Waals surface area contributed by atoms with Crippen LogP contribution in [-0.2, 0) is 4.74 Å². The molecule has 6 N–H and O–H groups in total. The number of anilines is 3. The Morgan fingerprint density at radius 2 is 1.92 bits per heavy atom. The van der Waals surface area contributed by atoms with Crippen molar-refractivity contribution < 1.29 is 9.47 Å². The first kappa shape index (κ1) is 26.7. The van der Waals surface area contributed by atoms with E-state index in [2.05, 4.69) is 44.6 Å². The van der Waals surface area contributed by atoms with Gasteiger partial charge in [0.15, 0.2) is 5.82 Å². The molecule has 0 saturated carbocycles. The van der Waals surface area contributed by atoms with Crippen molar-refractivity contribution in [3.63, 3.8) is 0 Å². The van der Waals surface area contributed by atoms with Crippen molar-refractivity contribution in [3.05, 3.63) is 65.6 Å². The van der Waals surface area contributed by atoms with Gasteiger partial charge < -0.3 is 31.3 Å². The Morgan fingerprint density at radius 1 is 1.17 bits per heavy atom. The first-order chi connectivity index (χ1) is 17.1. The lowest BCUT2D eigenvalue weighted by atomic mass is 10.0. The van der Waals surface area contributed by atoms with Gasteiger partial charge in [0.2, 0.25) is 11.8 Å². The predicted octanol–water partition coefficient (Wildman–Crippen LogP) is 4.58. The van der Waals surface area contributed by atoms with Gasteiger partial charge in [-0.25, -0.2) is 0 Å². The van der Waals surface area contributed by atoms with E-state index in [1.165, 1.54) is 0 Å². The molecule has 0 radical (unpaired) electrons. The summed E-state index contributed by atoms with van der Waals surface area (Å²) in [6.45, 7) is 8.78. The predicted molar refractivity (Wildman–Crippen MR) is 143 cm³/mol. The van der Waals surface area contributed by atoms with Crippen molar-refractivity contribution in [2.45, 2.75) is 45.6 Å². The third-order valence-corrected chi connectivity index (χ3v) is 5.25. The lowest BCUT2D eigenvalue weighted by Crippen LogP contribution is -2.33. The largest absolute Gasteiger partial charge is 0.499 e. The highest BCUT2D eigenvalue weighted by molar-refractivity contribution is 6.06. The molecule has 0 saturated heterocycles. The number of nitrogens with two attached hydrogens (primary N) is 1. The fraction of sp³-hybridized carbons (Fsp3) is 0.385. The Bertz CT molecular complexity index is 1170. The molecule has 2 heterocycles. The molecule has 0 aliphatic heterocycles. The summed E-state index contributed by atoms with van der Waals surface area (Å²) in [5.74, 6) is 2.80. The Hall–Kier alpha value is -3.92. The third kappa shape index (κ3) is 8.38. The van der Waals surface area contributed by atoms with Crippen molar-refractivity contribution in [2.24, 2.45) is 5.73 Å². The van der Waals surface area contributed by atoms with Gasteiger partial charge in [0.05, 0.1) is 26.0 Å². The average molecular weight is 493 g/mol. The van der Waals surface area contributed by atoms with E-state index in [0.717, 1.165) is 11.3 Å². The molecule has 192 valence electrons. The lowest BCUT2D eigenvalue weighted by molar-refractivity contribution is 0.265. The molecule has 0 atom stereocenters. The molecule has 0 unspecified atom stereocenters. The van der Waals surface area contributed by atoms with Crippen LogP contribution in [0, 0.1) is 5.41 Å². The second-order valence-corrected chi connectivity index (χ2v) is 9.44. The number of benzene rings is 1. The Kier molecular flexibility index (Phi) is 9.02. The summed E-state index contributed by atoms with van der Waals surface area (Å²) in [5.41, 5.74) is 7.89. The average Bonchev–Trinajstić information content (AvgIpc) is 3.30. The summed E-state index contributed by atoms with van der Waals surface area (Å²) >= 11 is 0. The van der Waals surface area contributed by atoms with E-state index in [9.17, 15) is 0 Å². The molecule has 0 aliphatic rings. The van der Waals surface area contributed by atoms with Gasteiger partial charge in [-0.2, -0.15) is 15.1 Å².